The molecule has 2 aliphatic rings. The van der Waals surface area contributed by atoms with Gasteiger partial charge in [0.05, 0.1) is 10.7 Å². The van der Waals surface area contributed by atoms with E-state index >= 15 is 0 Å². The van der Waals surface area contributed by atoms with Gasteiger partial charge in [0, 0.05) is 59.5 Å². The van der Waals surface area contributed by atoms with Crippen LogP contribution in [-0.4, -0.2) is 65.8 Å². The fraction of sp³-hybridized carbons (Fsp3) is 0.375. The van der Waals surface area contributed by atoms with Crippen LogP contribution in [0.15, 0.2) is 50.6 Å². The van der Waals surface area contributed by atoms with Crippen molar-refractivity contribution in [1.29, 1.82) is 0 Å². The highest BCUT2D eigenvalue weighted by molar-refractivity contribution is 9.10. The van der Waals surface area contributed by atoms with Gasteiger partial charge in [-0.1, -0.05) is 27.2 Å². The van der Waals surface area contributed by atoms with Crippen molar-refractivity contribution in [3.8, 4) is 5.88 Å². The van der Waals surface area contributed by atoms with Gasteiger partial charge in [0.2, 0.25) is 5.03 Å². The van der Waals surface area contributed by atoms with Crippen molar-refractivity contribution >= 4 is 48.7 Å². The molecule has 1 atom stereocenters. The van der Waals surface area contributed by atoms with Gasteiger partial charge in [-0.25, -0.2) is 27.8 Å². The molecule has 1 aromatic carbocycles. The predicted molar refractivity (Wildman–Crippen MR) is 140 cm³/mol. The molecule has 1 unspecified atom stereocenters. The van der Waals surface area contributed by atoms with E-state index in [1.165, 1.54) is 29.8 Å². The lowest BCUT2D eigenvalue weighted by atomic mass is 9.97. The summed E-state index contributed by atoms with van der Waals surface area (Å²) in [6, 6.07) is 4.80. The molecule has 38 heavy (non-hydrogen) atoms. The van der Waals surface area contributed by atoms with Crippen molar-refractivity contribution < 1.29 is 27.2 Å². The quantitative estimate of drug-likeness (QED) is 0.388. The van der Waals surface area contributed by atoms with Crippen LogP contribution in [0.1, 0.15) is 47.5 Å². The number of piperidine rings is 1. The van der Waals surface area contributed by atoms with Crippen LogP contribution < -0.4 is 4.74 Å². The normalized spacial score (nSPS) is 18.2. The van der Waals surface area contributed by atoms with Crippen molar-refractivity contribution in [1.82, 2.24) is 19.9 Å². The fourth-order valence-corrected chi connectivity index (χ4v) is 6.65. The van der Waals surface area contributed by atoms with Gasteiger partial charge >= 0.3 is 0 Å². The van der Waals surface area contributed by atoms with Crippen LogP contribution in [0.4, 0.5) is 4.39 Å². The van der Waals surface area contributed by atoms with E-state index < -0.39 is 15.9 Å². The van der Waals surface area contributed by atoms with Crippen LogP contribution in [0.3, 0.4) is 0 Å². The molecule has 1 amide bonds. The number of thiazole rings is 1. The van der Waals surface area contributed by atoms with E-state index in [1.807, 2.05) is 5.38 Å². The maximum absolute atomic E-state index is 14.3. The second-order valence-electron chi connectivity index (χ2n) is 8.93. The number of carbonyl (C=O) groups excluding carboxylic acids is 1. The molecule has 2 aliphatic heterocycles. The monoisotopic (exact) mass is 623 g/mol. The SMILES string of the molecule is CS(=O)(=O)c1nccnc1OCC(=O)N1CCC(c2nc(C3=NOC(c4c(F)cccc4Br)C3)cs2)CC1. The molecule has 200 valence electrons. The first-order valence-corrected chi connectivity index (χ1v) is 15.3. The van der Waals surface area contributed by atoms with Gasteiger partial charge in [-0.2, -0.15) is 0 Å². The second kappa shape index (κ2) is 11.0. The number of ether oxygens (including phenoxy) is 1. The Kier molecular flexibility index (Phi) is 7.73. The highest BCUT2D eigenvalue weighted by Gasteiger charge is 2.31. The van der Waals surface area contributed by atoms with Crippen LogP contribution in [0.5, 0.6) is 5.88 Å². The van der Waals surface area contributed by atoms with E-state index in [4.69, 9.17) is 14.6 Å². The molecule has 0 spiro atoms. The Bertz CT molecular complexity index is 1470. The molecule has 10 nitrogen and oxygen atoms in total. The number of amides is 1. The Hall–Kier alpha value is -2.97. The van der Waals surface area contributed by atoms with Crippen molar-refractivity contribution in [2.75, 3.05) is 26.0 Å². The number of aromatic nitrogens is 3. The van der Waals surface area contributed by atoms with Gasteiger partial charge in [-0.05, 0) is 25.0 Å². The topological polar surface area (TPSA) is 124 Å². The Balaban J connectivity index is 1.15. The van der Waals surface area contributed by atoms with Crippen LogP contribution in [0.2, 0.25) is 0 Å². The van der Waals surface area contributed by atoms with Gasteiger partial charge in [0.1, 0.15) is 11.5 Å². The third-order valence-corrected chi connectivity index (χ3v) is 9.00. The van der Waals surface area contributed by atoms with Gasteiger partial charge in [0.25, 0.3) is 11.8 Å². The lowest BCUT2D eigenvalue weighted by molar-refractivity contribution is -0.134. The number of sulfone groups is 1. The molecule has 0 saturated carbocycles. The summed E-state index contributed by atoms with van der Waals surface area (Å²) in [5.41, 5.74) is 1.84. The van der Waals surface area contributed by atoms with Gasteiger partial charge in [-0.3, -0.25) is 4.79 Å². The smallest absolute Gasteiger partial charge is 0.260 e. The maximum Gasteiger partial charge on any atom is 0.260 e. The number of likely N-dealkylation sites (tertiary alicyclic amines) is 1. The summed E-state index contributed by atoms with van der Waals surface area (Å²) in [5.74, 6) is -0.595. The maximum atomic E-state index is 14.3. The summed E-state index contributed by atoms with van der Waals surface area (Å²) in [4.78, 5) is 32.4. The molecule has 5 rings (SSSR count). The first-order chi connectivity index (χ1) is 18.2. The van der Waals surface area contributed by atoms with Crippen molar-refractivity contribution in [3.05, 3.63) is 62.5 Å². The number of hydrogen-bond donors (Lipinski definition) is 0. The Morgan fingerprint density at radius 1 is 1.26 bits per heavy atom. The summed E-state index contributed by atoms with van der Waals surface area (Å²) in [6.07, 6.45) is 4.93. The second-order valence-corrected chi connectivity index (χ2v) is 12.6. The number of halogens is 2. The molecule has 14 heteroatoms. The highest BCUT2D eigenvalue weighted by atomic mass is 79.9. The number of rotatable bonds is 7. The minimum absolute atomic E-state index is 0.183. The van der Waals surface area contributed by atoms with Crippen LogP contribution in [0.25, 0.3) is 0 Å². The van der Waals surface area contributed by atoms with Crippen LogP contribution in [-0.2, 0) is 19.5 Å². The number of benzene rings is 1. The van der Waals surface area contributed by atoms with Crippen molar-refractivity contribution in [2.24, 2.45) is 5.16 Å². The molecule has 1 fully saturated rings. The van der Waals surface area contributed by atoms with E-state index in [0.717, 1.165) is 29.8 Å². The average Bonchev–Trinajstić information content (AvgIpc) is 3.57. The standard InChI is InChI=1S/C24H23BrFN5O5S2/c1-38(33,34)24-22(27-7-8-28-24)35-12-20(32)31-9-5-14(6-10-31)23-29-18(13-37-23)17-11-19(36-30-17)21-15(25)3-2-4-16(21)26/h2-4,7-8,13-14,19H,5-6,9-12H2,1H3. The van der Waals surface area contributed by atoms with Crippen molar-refractivity contribution in [2.45, 2.75) is 36.3 Å². The van der Waals surface area contributed by atoms with E-state index in [-0.39, 0.29) is 35.2 Å². The summed E-state index contributed by atoms with van der Waals surface area (Å²) in [7, 11) is -3.63. The summed E-state index contributed by atoms with van der Waals surface area (Å²) in [6.45, 7) is 0.718. The molecular weight excluding hydrogens is 601 g/mol. The Morgan fingerprint density at radius 2 is 2.03 bits per heavy atom. The first kappa shape index (κ1) is 26.6. The summed E-state index contributed by atoms with van der Waals surface area (Å²) in [5, 5.41) is 6.76. The minimum Gasteiger partial charge on any atom is -0.466 e. The molecule has 0 N–H and O–H groups in total. The Labute approximate surface area is 231 Å². The average molecular weight is 625 g/mol. The van der Waals surface area contributed by atoms with E-state index in [9.17, 15) is 17.6 Å². The molecule has 4 heterocycles. The minimum atomic E-state index is -3.63. The zero-order chi connectivity index (χ0) is 26.9. The zero-order valence-corrected chi connectivity index (χ0v) is 23.4. The zero-order valence-electron chi connectivity index (χ0n) is 20.2. The molecule has 2 aromatic heterocycles. The number of oxime groups is 1. The van der Waals surface area contributed by atoms with Gasteiger partial charge in [0.15, 0.2) is 22.5 Å². The third-order valence-electron chi connectivity index (χ3n) is 6.32. The van der Waals surface area contributed by atoms with Crippen molar-refractivity contribution in [3.63, 3.8) is 0 Å². The van der Waals surface area contributed by atoms with E-state index in [1.54, 1.807) is 17.0 Å². The largest absolute Gasteiger partial charge is 0.466 e. The summed E-state index contributed by atoms with van der Waals surface area (Å²) < 4.78 is 44.1. The lowest BCUT2D eigenvalue weighted by Crippen LogP contribution is -2.40. The van der Waals surface area contributed by atoms with E-state index in [0.29, 0.717) is 35.3 Å². The van der Waals surface area contributed by atoms with Gasteiger partial charge in [-0.15, -0.1) is 11.3 Å². The highest BCUT2D eigenvalue weighted by Crippen LogP contribution is 2.37. The molecule has 3 aromatic rings. The first-order valence-electron chi connectivity index (χ1n) is 11.7. The summed E-state index contributed by atoms with van der Waals surface area (Å²) >= 11 is 4.92. The Morgan fingerprint density at radius 3 is 2.76 bits per heavy atom. The molecule has 1 saturated heterocycles. The van der Waals surface area contributed by atoms with Crippen LogP contribution in [0, 0.1) is 5.82 Å². The molecule has 0 radical (unpaired) electrons. The van der Waals surface area contributed by atoms with E-state index in [2.05, 4.69) is 31.1 Å². The molecular formula is C24H23BrFN5O5S2. The van der Waals surface area contributed by atoms with Crippen LogP contribution >= 0.6 is 27.3 Å². The van der Waals surface area contributed by atoms with Gasteiger partial charge < -0.3 is 14.5 Å². The fourth-order valence-electron chi connectivity index (χ4n) is 4.37. The third kappa shape index (κ3) is 5.71. The predicted octanol–water partition coefficient (Wildman–Crippen LogP) is 3.89. The molecule has 0 bridgehead atoms. The number of nitrogens with zero attached hydrogens (tertiary/aromatic N) is 5. The molecule has 0 aliphatic carbocycles. The number of carbonyl (C=O) groups is 1. The number of hydrogen-bond acceptors (Lipinski definition) is 10. The lowest BCUT2D eigenvalue weighted by Gasteiger charge is -2.31.